The number of hydrogen-bond donors (Lipinski definition) is 0. The maximum atomic E-state index is 6.43. The molecule has 0 aliphatic heterocycles. The minimum absolute atomic E-state index is 0.167. The van der Waals surface area contributed by atoms with Gasteiger partial charge in [0.2, 0.25) is 17.8 Å². The maximum Gasteiger partial charge on any atom is 0.237 e. The van der Waals surface area contributed by atoms with Gasteiger partial charge in [0.05, 0.1) is 25.0 Å². The van der Waals surface area contributed by atoms with Gasteiger partial charge in [-0.15, -0.1) is 0 Å². The number of allylic oxidation sites excluding steroid dienone is 4. The van der Waals surface area contributed by atoms with E-state index >= 15 is 0 Å². The van der Waals surface area contributed by atoms with Gasteiger partial charge in [0, 0.05) is 14.2 Å². The maximum absolute atomic E-state index is 6.43. The molecule has 0 N–H and O–H groups in total. The molecule has 0 saturated carbocycles. The molecule has 0 aliphatic carbocycles. The molecule has 0 aliphatic rings. The Hall–Kier alpha value is -3.51. The van der Waals surface area contributed by atoms with E-state index < -0.39 is 0 Å². The molecule has 12 heteroatoms. The van der Waals surface area contributed by atoms with Crippen molar-refractivity contribution in [3.8, 4) is 0 Å². The lowest BCUT2D eigenvalue weighted by atomic mass is 10.0. The molecule has 0 amide bonds. The first kappa shape index (κ1) is 109. The summed E-state index contributed by atoms with van der Waals surface area (Å²) in [5.41, 5.74) is 0. The summed E-state index contributed by atoms with van der Waals surface area (Å²) in [7, 11) is 3.36. The second-order valence-corrected chi connectivity index (χ2v) is 35.4. The van der Waals surface area contributed by atoms with E-state index in [1.165, 1.54) is 449 Å². The standard InChI is InChI=1S/C103H198N6O6/c1-9-13-17-21-25-29-33-37-41-45-47-49-51-55-59-63-67-71-75-79-83-89-112-95-108(96-113-90-84-80-76-72-68-64-60-56-52-50-48-46-42-38-34-30-26-22-18-14-10-2)102-104-101(107(93-110-7)94-111-8)105-103(106-102)109(97-114-91-87-99(5)85-81-77-73-69-65-61-57-53-43-39-35-31-27-23-19-15-11-3)98-115-92-88-100(6)86-82-78-74-70-66-62-58-54-44-40-36-32-28-24-20-16-12-4/h83-84,87-92,99-100H,9-82,85-86,93-98H2,1-8H3. The van der Waals surface area contributed by atoms with Crippen LogP contribution in [0.5, 0.6) is 0 Å². The summed E-state index contributed by atoms with van der Waals surface area (Å²) < 4.78 is 37.1. The van der Waals surface area contributed by atoms with Crippen LogP contribution in [0.25, 0.3) is 0 Å². The molecule has 0 saturated heterocycles. The molecular formula is C103H198N6O6. The van der Waals surface area contributed by atoms with Gasteiger partial charge in [0.15, 0.2) is 26.9 Å². The summed E-state index contributed by atoms with van der Waals surface area (Å²) in [4.78, 5) is 21.1. The Bertz CT molecular complexity index is 2040. The Morgan fingerprint density at radius 2 is 0.383 bits per heavy atom. The summed E-state index contributed by atoms with van der Waals surface area (Å²) in [5.74, 6) is 2.00. The number of hydrogen-bond acceptors (Lipinski definition) is 12. The lowest BCUT2D eigenvalue weighted by molar-refractivity contribution is 0.138. The van der Waals surface area contributed by atoms with Gasteiger partial charge in [0.25, 0.3) is 0 Å². The molecule has 0 fully saturated rings. The number of unbranched alkanes of at least 4 members (excludes halogenated alkanes) is 70. The summed E-state index contributed by atoms with van der Waals surface area (Å²) in [6, 6.07) is 0. The van der Waals surface area contributed by atoms with Crippen LogP contribution < -0.4 is 14.7 Å². The van der Waals surface area contributed by atoms with E-state index in [1.54, 1.807) is 14.2 Å². The number of aromatic nitrogens is 3. The van der Waals surface area contributed by atoms with Gasteiger partial charge in [-0.2, -0.15) is 15.0 Å². The second-order valence-electron chi connectivity index (χ2n) is 35.4. The summed E-state index contributed by atoms with van der Waals surface area (Å²) in [6.45, 7) is 14.9. The molecule has 115 heavy (non-hydrogen) atoms. The first-order valence-electron chi connectivity index (χ1n) is 51.0. The zero-order valence-corrected chi connectivity index (χ0v) is 78.4. The van der Waals surface area contributed by atoms with Gasteiger partial charge in [-0.3, -0.25) is 14.7 Å². The second kappa shape index (κ2) is 92.8. The average Bonchev–Trinajstić information content (AvgIpc) is 0.815. The van der Waals surface area contributed by atoms with E-state index in [9.17, 15) is 0 Å². The minimum atomic E-state index is 0.167. The molecule has 1 aromatic heterocycles. The van der Waals surface area contributed by atoms with Crippen LogP contribution in [-0.2, 0) is 28.4 Å². The lowest BCUT2D eigenvalue weighted by Crippen LogP contribution is -2.35. The highest BCUT2D eigenvalue weighted by Gasteiger charge is 2.22. The molecular weight excluding hydrogens is 1420 g/mol. The van der Waals surface area contributed by atoms with E-state index in [-0.39, 0.29) is 40.4 Å². The van der Waals surface area contributed by atoms with Crippen molar-refractivity contribution in [2.24, 2.45) is 11.8 Å². The van der Waals surface area contributed by atoms with Crippen LogP contribution >= 0.6 is 0 Å². The minimum Gasteiger partial charge on any atom is -0.481 e. The van der Waals surface area contributed by atoms with Crippen LogP contribution in [0.15, 0.2) is 49.4 Å². The van der Waals surface area contributed by atoms with Crippen molar-refractivity contribution in [2.45, 2.75) is 530 Å². The molecule has 676 valence electrons. The third-order valence-corrected chi connectivity index (χ3v) is 23.8. The fourth-order valence-corrected chi connectivity index (χ4v) is 16.0. The Labute approximate surface area is 717 Å². The van der Waals surface area contributed by atoms with Crippen molar-refractivity contribution in [1.29, 1.82) is 0 Å². The highest BCUT2D eigenvalue weighted by atomic mass is 16.5. The summed E-state index contributed by atoms with van der Waals surface area (Å²) in [6.07, 6.45) is 120. The molecule has 12 nitrogen and oxygen atoms in total. The van der Waals surface area contributed by atoms with Crippen LogP contribution in [0, 0.1) is 11.8 Å². The number of ether oxygens (including phenoxy) is 6. The third-order valence-electron chi connectivity index (χ3n) is 23.8. The first-order chi connectivity index (χ1) is 56.9. The van der Waals surface area contributed by atoms with Crippen LogP contribution in [0.1, 0.15) is 530 Å². The van der Waals surface area contributed by atoms with Crippen LogP contribution in [0.4, 0.5) is 17.8 Å². The zero-order chi connectivity index (χ0) is 82.6. The predicted molar refractivity (Wildman–Crippen MR) is 503 cm³/mol. The Morgan fingerprint density at radius 1 is 0.217 bits per heavy atom. The van der Waals surface area contributed by atoms with E-state index in [0.717, 1.165) is 38.5 Å². The highest BCUT2D eigenvalue weighted by molar-refractivity contribution is 5.46. The van der Waals surface area contributed by atoms with Gasteiger partial charge in [0.1, 0.15) is 13.5 Å². The number of nitrogens with zero attached hydrogens (tertiary/aromatic N) is 6. The lowest BCUT2D eigenvalue weighted by Gasteiger charge is -2.27. The van der Waals surface area contributed by atoms with E-state index in [2.05, 4.69) is 65.8 Å². The normalized spacial score (nSPS) is 12.5. The summed E-state index contributed by atoms with van der Waals surface area (Å²) >= 11 is 0. The highest BCUT2D eigenvalue weighted by Crippen LogP contribution is 2.25. The smallest absolute Gasteiger partial charge is 0.237 e. The molecule has 0 aromatic carbocycles. The van der Waals surface area contributed by atoms with Gasteiger partial charge in [-0.25, -0.2) is 0 Å². The van der Waals surface area contributed by atoms with Crippen molar-refractivity contribution in [3.63, 3.8) is 0 Å². The fraction of sp³-hybridized carbons (Fsp3) is 0.893. The van der Waals surface area contributed by atoms with Crippen LogP contribution in [0.2, 0.25) is 0 Å². The SMILES string of the molecule is CCCCCCCCCCCCCCCCCCCCCC=COCN(COC=CCCCCCCCCCCCCCCCCCCCCC)c1nc(N(COC)COC)nc(N(COC=CC(C)CCCCCCCCCCCCCCCCCCC)COC=CC(C)CCCCCCCCCCCCCCCCCCC)n1. The molecule has 0 radical (unpaired) electrons. The van der Waals surface area contributed by atoms with E-state index in [4.69, 9.17) is 43.4 Å². The van der Waals surface area contributed by atoms with E-state index in [0.29, 0.717) is 29.7 Å². The molecule has 2 atom stereocenters. The molecule has 1 aromatic rings. The topological polar surface area (TPSA) is 104 Å². The first-order valence-corrected chi connectivity index (χ1v) is 51.0. The van der Waals surface area contributed by atoms with Crippen molar-refractivity contribution in [3.05, 3.63) is 49.4 Å². The Kier molecular flexibility index (Phi) is 88.3. The molecule has 1 heterocycles. The van der Waals surface area contributed by atoms with Crippen molar-refractivity contribution in [1.82, 2.24) is 15.0 Å². The molecule has 0 bridgehead atoms. The number of anilines is 3. The summed E-state index contributed by atoms with van der Waals surface area (Å²) in [5, 5.41) is 0. The van der Waals surface area contributed by atoms with Crippen LogP contribution in [-0.4, -0.2) is 69.6 Å². The van der Waals surface area contributed by atoms with Gasteiger partial charge in [-0.1, -0.05) is 491 Å². The quantitative estimate of drug-likeness (QED) is 0.0352. The average molecular weight is 1620 g/mol. The molecule has 0 spiro atoms. The zero-order valence-electron chi connectivity index (χ0n) is 78.4. The monoisotopic (exact) mass is 1620 g/mol. The largest absolute Gasteiger partial charge is 0.481 e. The number of rotatable bonds is 97. The van der Waals surface area contributed by atoms with Gasteiger partial charge < -0.3 is 28.4 Å². The molecule has 1 rings (SSSR count). The predicted octanol–water partition coefficient (Wildman–Crippen LogP) is 34.4. The molecule has 2 unspecified atom stereocenters. The van der Waals surface area contributed by atoms with E-state index in [1.807, 2.05) is 39.7 Å². The fourth-order valence-electron chi connectivity index (χ4n) is 16.0. The van der Waals surface area contributed by atoms with Crippen molar-refractivity contribution >= 4 is 17.8 Å². The number of methoxy groups -OCH3 is 2. The van der Waals surface area contributed by atoms with Gasteiger partial charge in [-0.05, 0) is 74.7 Å². The van der Waals surface area contributed by atoms with Crippen molar-refractivity contribution in [2.75, 3.05) is 69.3 Å². The Morgan fingerprint density at radius 3 is 0.574 bits per heavy atom. The van der Waals surface area contributed by atoms with Gasteiger partial charge >= 0.3 is 0 Å². The van der Waals surface area contributed by atoms with Crippen molar-refractivity contribution < 1.29 is 28.4 Å². The third kappa shape index (κ3) is 78.8. The van der Waals surface area contributed by atoms with Crippen LogP contribution in [0.3, 0.4) is 0 Å². The Balaban J connectivity index is 3.14.